The van der Waals surface area contributed by atoms with Crippen molar-refractivity contribution in [1.82, 2.24) is 5.48 Å². The molecule has 17 heavy (non-hydrogen) atoms. The number of fused-ring (bicyclic) bond motifs is 1. The van der Waals surface area contributed by atoms with Gasteiger partial charge in [0.05, 0.1) is 12.2 Å². The summed E-state index contributed by atoms with van der Waals surface area (Å²) in [7, 11) is 0. The number of hydrogen-bond donors (Lipinski definition) is 1. The molecule has 0 bridgehead atoms. The van der Waals surface area contributed by atoms with Gasteiger partial charge in [-0.1, -0.05) is 18.2 Å². The number of carbonyl (C=O) groups excluding carboxylic acids is 2. The number of rotatable bonds is 3. The fourth-order valence-corrected chi connectivity index (χ4v) is 1.69. The van der Waals surface area contributed by atoms with Crippen molar-refractivity contribution in [3.05, 3.63) is 35.4 Å². The van der Waals surface area contributed by atoms with Crippen molar-refractivity contribution in [3.63, 3.8) is 0 Å². The van der Waals surface area contributed by atoms with E-state index in [-0.39, 0.29) is 0 Å². The molecule has 1 N–H and O–H groups in total. The van der Waals surface area contributed by atoms with E-state index in [1.54, 1.807) is 19.1 Å². The molecular weight excluding hydrogens is 222 g/mol. The minimum absolute atomic E-state index is 0.364. The number of carbonyl (C=O) groups is 2. The van der Waals surface area contributed by atoms with Crippen LogP contribution in [-0.4, -0.2) is 24.6 Å². The summed E-state index contributed by atoms with van der Waals surface area (Å²) in [6.45, 7) is 2.12. The Morgan fingerprint density at radius 2 is 2.29 bits per heavy atom. The van der Waals surface area contributed by atoms with Crippen LogP contribution in [-0.2, 0) is 20.8 Å². The van der Waals surface area contributed by atoms with Crippen LogP contribution in [0.1, 0.15) is 22.8 Å². The molecule has 5 heteroatoms. The lowest BCUT2D eigenvalue weighted by Gasteiger charge is -2.23. The molecule has 0 radical (unpaired) electrons. The molecule has 90 valence electrons. The molecule has 1 amide bonds. The lowest BCUT2D eigenvalue weighted by atomic mass is 9.98. The predicted octanol–water partition coefficient (Wildman–Crippen LogP) is 0.836. The molecule has 2 rings (SSSR count). The summed E-state index contributed by atoms with van der Waals surface area (Å²) >= 11 is 0. The average molecular weight is 235 g/mol. The van der Waals surface area contributed by atoms with E-state index in [1.807, 2.05) is 12.1 Å². The van der Waals surface area contributed by atoms with Gasteiger partial charge in [-0.2, -0.15) is 0 Å². The number of benzene rings is 1. The molecule has 5 nitrogen and oxygen atoms in total. The Morgan fingerprint density at radius 1 is 1.53 bits per heavy atom. The highest BCUT2D eigenvalue weighted by atomic mass is 16.7. The summed E-state index contributed by atoms with van der Waals surface area (Å²) in [6.07, 6.45) is -0.440. The van der Waals surface area contributed by atoms with Gasteiger partial charge in [0.2, 0.25) is 0 Å². The van der Waals surface area contributed by atoms with Crippen LogP contribution < -0.4 is 5.48 Å². The Hall–Kier alpha value is -1.88. The van der Waals surface area contributed by atoms with Gasteiger partial charge in [0, 0.05) is 6.42 Å². The highest BCUT2D eigenvalue weighted by Gasteiger charge is 2.30. The first-order valence-electron chi connectivity index (χ1n) is 5.43. The summed E-state index contributed by atoms with van der Waals surface area (Å²) in [5, 5.41) is 0. The molecule has 0 fully saturated rings. The number of amides is 1. The quantitative estimate of drug-likeness (QED) is 0.622. The first kappa shape index (κ1) is 11.6. The number of hydroxylamine groups is 1. The molecule has 1 aliphatic rings. The van der Waals surface area contributed by atoms with Gasteiger partial charge in [0.1, 0.15) is 0 Å². The molecule has 0 spiro atoms. The van der Waals surface area contributed by atoms with Gasteiger partial charge in [-0.05, 0) is 18.6 Å². The van der Waals surface area contributed by atoms with E-state index in [9.17, 15) is 9.59 Å². The lowest BCUT2D eigenvalue weighted by Crippen LogP contribution is -2.41. The average Bonchev–Trinajstić information content (AvgIpc) is 2.36. The van der Waals surface area contributed by atoms with E-state index in [1.165, 1.54) is 0 Å². The largest absolute Gasteiger partial charge is 0.448 e. The summed E-state index contributed by atoms with van der Waals surface area (Å²) in [6, 6.07) is 7.10. The van der Waals surface area contributed by atoms with Crippen molar-refractivity contribution in [2.45, 2.75) is 19.4 Å². The fourth-order valence-electron chi connectivity index (χ4n) is 1.69. The molecule has 0 aliphatic carbocycles. The number of cyclic esters (lactones) is 1. The minimum atomic E-state index is -0.816. The van der Waals surface area contributed by atoms with Crippen molar-refractivity contribution in [2.24, 2.45) is 0 Å². The van der Waals surface area contributed by atoms with Crippen molar-refractivity contribution in [1.29, 1.82) is 0 Å². The molecule has 1 aromatic carbocycles. The Bertz CT molecular complexity index is 444. The molecule has 1 aliphatic heterocycles. The van der Waals surface area contributed by atoms with Gasteiger partial charge in [-0.15, -0.1) is 0 Å². The van der Waals surface area contributed by atoms with Crippen LogP contribution in [0.15, 0.2) is 24.3 Å². The third-order valence-electron chi connectivity index (χ3n) is 2.50. The second-order valence-corrected chi connectivity index (χ2v) is 3.65. The zero-order valence-corrected chi connectivity index (χ0v) is 9.43. The van der Waals surface area contributed by atoms with E-state index >= 15 is 0 Å². The van der Waals surface area contributed by atoms with Crippen molar-refractivity contribution < 1.29 is 19.2 Å². The van der Waals surface area contributed by atoms with Crippen LogP contribution in [0.4, 0.5) is 0 Å². The maximum Gasteiger partial charge on any atom is 0.339 e. The van der Waals surface area contributed by atoms with Gasteiger partial charge in [-0.25, -0.2) is 10.3 Å². The number of nitrogens with one attached hydrogen (secondary N) is 1. The number of esters is 1. The van der Waals surface area contributed by atoms with Crippen LogP contribution in [0.25, 0.3) is 0 Å². The first-order chi connectivity index (χ1) is 8.22. The maximum absolute atomic E-state index is 11.6. The van der Waals surface area contributed by atoms with Crippen LogP contribution in [0, 0.1) is 0 Å². The monoisotopic (exact) mass is 235 g/mol. The molecule has 1 heterocycles. The van der Waals surface area contributed by atoms with E-state index in [2.05, 4.69) is 5.48 Å². The van der Waals surface area contributed by atoms with Gasteiger partial charge in [-0.3, -0.25) is 9.63 Å². The molecule has 1 unspecified atom stereocenters. The second kappa shape index (κ2) is 4.97. The normalized spacial score (nSPS) is 18.2. The fraction of sp³-hybridized carbons (Fsp3) is 0.333. The topological polar surface area (TPSA) is 64.6 Å². The maximum atomic E-state index is 11.6. The van der Waals surface area contributed by atoms with E-state index < -0.39 is 18.0 Å². The van der Waals surface area contributed by atoms with E-state index in [4.69, 9.17) is 9.57 Å². The summed E-state index contributed by atoms with van der Waals surface area (Å²) in [4.78, 5) is 28.0. The van der Waals surface area contributed by atoms with Crippen LogP contribution in [0.3, 0.4) is 0 Å². The van der Waals surface area contributed by atoms with Crippen LogP contribution in [0.5, 0.6) is 0 Å². The third-order valence-corrected chi connectivity index (χ3v) is 2.50. The highest BCUT2D eigenvalue weighted by molar-refractivity contribution is 5.95. The predicted molar refractivity (Wildman–Crippen MR) is 59.1 cm³/mol. The Morgan fingerprint density at radius 3 is 3.06 bits per heavy atom. The van der Waals surface area contributed by atoms with Gasteiger partial charge in [0.25, 0.3) is 5.91 Å². The van der Waals surface area contributed by atoms with Crippen LogP contribution >= 0.6 is 0 Å². The number of ether oxygens (including phenoxy) is 1. The van der Waals surface area contributed by atoms with Gasteiger partial charge in [0.15, 0.2) is 6.10 Å². The summed E-state index contributed by atoms with van der Waals surface area (Å²) in [5.41, 5.74) is 3.58. The molecule has 0 saturated heterocycles. The zero-order chi connectivity index (χ0) is 12.3. The second-order valence-electron chi connectivity index (χ2n) is 3.65. The van der Waals surface area contributed by atoms with Crippen molar-refractivity contribution in [3.8, 4) is 0 Å². The molecule has 1 aromatic rings. The zero-order valence-electron chi connectivity index (χ0n) is 9.43. The van der Waals surface area contributed by atoms with Crippen molar-refractivity contribution in [2.75, 3.05) is 6.61 Å². The summed E-state index contributed by atoms with van der Waals surface area (Å²) < 4.78 is 5.04. The Labute approximate surface area is 98.7 Å². The Balaban J connectivity index is 2.11. The first-order valence-corrected chi connectivity index (χ1v) is 5.43. The van der Waals surface area contributed by atoms with Gasteiger partial charge >= 0.3 is 5.97 Å². The summed E-state index contributed by atoms with van der Waals surface area (Å²) in [5.74, 6) is -0.904. The van der Waals surface area contributed by atoms with E-state index in [0.29, 0.717) is 18.6 Å². The standard InChI is InChI=1S/C12H13NO4/c1-2-16-13-11(14)10-7-8-5-3-4-6-9(8)12(15)17-10/h3-6,10H,2,7H2,1H3,(H,13,14). The minimum Gasteiger partial charge on any atom is -0.448 e. The highest BCUT2D eigenvalue weighted by Crippen LogP contribution is 2.20. The molecule has 1 atom stereocenters. The van der Waals surface area contributed by atoms with Crippen LogP contribution in [0.2, 0.25) is 0 Å². The third kappa shape index (κ3) is 2.45. The Kier molecular flexibility index (Phi) is 3.39. The molecular formula is C12H13NO4. The SMILES string of the molecule is CCONC(=O)C1Cc2ccccc2C(=O)O1. The van der Waals surface area contributed by atoms with Crippen molar-refractivity contribution >= 4 is 11.9 Å². The van der Waals surface area contributed by atoms with E-state index in [0.717, 1.165) is 5.56 Å². The molecule has 0 saturated carbocycles. The van der Waals surface area contributed by atoms with Gasteiger partial charge < -0.3 is 4.74 Å². The molecule has 0 aromatic heterocycles. The number of hydrogen-bond acceptors (Lipinski definition) is 4. The smallest absolute Gasteiger partial charge is 0.339 e. The lowest BCUT2D eigenvalue weighted by molar-refractivity contribution is -0.142.